The Morgan fingerprint density at radius 1 is 1.30 bits per heavy atom. The summed E-state index contributed by atoms with van der Waals surface area (Å²) >= 11 is 0. The number of carbonyl (C=O) groups is 2. The van der Waals surface area contributed by atoms with Crippen LogP contribution in [0.4, 0.5) is 0 Å². The number of rotatable bonds is 5. The molecule has 1 saturated heterocycles. The first-order valence-corrected chi connectivity index (χ1v) is 7.69. The largest absolute Gasteiger partial charge is 0.368 e. The van der Waals surface area contributed by atoms with E-state index in [-0.39, 0.29) is 12.3 Å². The first kappa shape index (κ1) is 15.4. The Bertz CT molecular complexity index is 726. The van der Waals surface area contributed by atoms with E-state index < -0.39 is 18.1 Å². The predicted octanol–water partition coefficient (Wildman–Crippen LogP) is 0.926. The van der Waals surface area contributed by atoms with Gasteiger partial charge >= 0.3 is 0 Å². The molecule has 0 unspecified atom stereocenters. The molecule has 0 saturated carbocycles. The van der Waals surface area contributed by atoms with Crippen molar-refractivity contribution in [3.05, 3.63) is 42.1 Å². The minimum absolute atomic E-state index is 0.263. The zero-order valence-electron chi connectivity index (χ0n) is 12.7. The molecule has 0 aliphatic carbocycles. The number of para-hydroxylation sites is 1. The normalized spacial score (nSPS) is 18.7. The number of hydrogen-bond donors (Lipinski definition) is 2. The van der Waals surface area contributed by atoms with Gasteiger partial charge in [0.15, 0.2) is 0 Å². The van der Waals surface area contributed by atoms with E-state index in [4.69, 9.17) is 10.5 Å². The van der Waals surface area contributed by atoms with Gasteiger partial charge in [-0.25, -0.2) is 0 Å². The lowest BCUT2D eigenvalue weighted by molar-refractivity contribution is -0.133. The number of amides is 2. The van der Waals surface area contributed by atoms with Gasteiger partial charge < -0.3 is 15.8 Å². The van der Waals surface area contributed by atoms with Crippen LogP contribution < -0.4 is 11.1 Å². The van der Waals surface area contributed by atoms with Crippen molar-refractivity contribution in [1.29, 1.82) is 0 Å². The third-order valence-electron chi connectivity index (χ3n) is 3.95. The number of primary amides is 1. The molecule has 23 heavy (non-hydrogen) atoms. The van der Waals surface area contributed by atoms with Gasteiger partial charge in [-0.05, 0) is 25.0 Å². The van der Waals surface area contributed by atoms with Crippen molar-refractivity contribution in [2.75, 3.05) is 6.61 Å². The highest BCUT2D eigenvalue weighted by Gasteiger charge is 2.27. The predicted molar refractivity (Wildman–Crippen MR) is 85.5 cm³/mol. The van der Waals surface area contributed by atoms with Crippen molar-refractivity contribution in [2.24, 2.45) is 5.73 Å². The smallest absolute Gasteiger partial charge is 0.249 e. The van der Waals surface area contributed by atoms with Crippen LogP contribution in [-0.2, 0) is 20.7 Å². The van der Waals surface area contributed by atoms with Crippen molar-refractivity contribution in [1.82, 2.24) is 10.3 Å². The molecule has 1 aromatic carbocycles. The Labute approximate surface area is 134 Å². The number of pyridine rings is 1. The van der Waals surface area contributed by atoms with Crippen LogP contribution in [-0.4, -0.2) is 35.6 Å². The third kappa shape index (κ3) is 3.65. The van der Waals surface area contributed by atoms with E-state index in [0.29, 0.717) is 18.7 Å². The highest BCUT2D eigenvalue weighted by molar-refractivity contribution is 5.89. The maximum atomic E-state index is 12.1. The average molecular weight is 313 g/mol. The molecule has 3 rings (SSSR count). The molecule has 6 heteroatoms. The zero-order chi connectivity index (χ0) is 16.2. The van der Waals surface area contributed by atoms with E-state index in [9.17, 15) is 9.59 Å². The molecule has 2 aromatic rings. The molecule has 1 aliphatic heterocycles. The van der Waals surface area contributed by atoms with E-state index in [2.05, 4.69) is 10.3 Å². The van der Waals surface area contributed by atoms with E-state index in [1.165, 1.54) is 0 Å². The van der Waals surface area contributed by atoms with Crippen LogP contribution in [0.15, 0.2) is 36.4 Å². The van der Waals surface area contributed by atoms with E-state index in [1.807, 2.05) is 36.4 Å². The third-order valence-corrected chi connectivity index (χ3v) is 3.95. The fourth-order valence-corrected chi connectivity index (χ4v) is 2.70. The molecule has 1 aromatic heterocycles. The molecule has 2 heterocycles. The second kappa shape index (κ2) is 6.75. The molecule has 0 spiro atoms. The van der Waals surface area contributed by atoms with Crippen LogP contribution in [0, 0.1) is 0 Å². The van der Waals surface area contributed by atoms with Crippen LogP contribution in [0.1, 0.15) is 18.5 Å². The summed E-state index contributed by atoms with van der Waals surface area (Å²) in [5.41, 5.74) is 6.98. The number of nitrogens with one attached hydrogen (secondary N) is 1. The summed E-state index contributed by atoms with van der Waals surface area (Å²) in [6, 6.07) is 10.7. The van der Waals surface area contributed by atoms with E-state index in [0.717, 1.165) is 17.3 Å². The first-order valence-electron chi connectivity index (χ1n) is 7.69. The second-order valence-electron chi connectivity index (χ2n) is 5.66. The molecule has 1 fully saturated rings. The van der Waals surface area contributed by atoms with Crippen molar-refractivity contribution >= 4 is 22.7 Å². The summed E-state index contributed by atoms with van der Waals surface area (Å²) < 4.78 is 5.32. The fourth-order valence-electron chi connectivity index (χ4n) is 2.70. The van der Waals surface area contributed by atoms with Gasteiger partial charge in [-0.3, -0.25) is 14.6 Å². The lowest BCUT2D eigenvalue weighted by Gasteiger charge is -2.17. The van der Waals surface area contributed by atoms with Gasteiger partial charge in [0, 0.05) is 24.1 Å². The summed E-state index contributed by atoms with van der Waals surface area (Å²) in [7, 11) is 0. The number of nitrogens with zero attached hydrogens (tertiary/aromatic N) is 1. The summed E-state index contributed by atoms with van der Waals surface area (Å²) in [6.45, 7) is 0.575. The molecule has 0 bridgehead atoms. The van der Waals surface area contributed by atoms with Gasteiger partial charge in [-0.15, -0.1) is 0 Å². The van der Waals surface area contributed by atoms with Gasteiger partial charge in [0.25, 0.3) is 0 Å². The highest BCUT2D eigenvalue weighted by Crippen LogP contribution is 2.14. The minimum Gasteiger partial charge on any atom is -0.368 e. The summed E-state index contributed by atoms with van der Waals surface area (Å²) in [5.74, 6) is -0.863. The van der Waals surface area contributed by atoms with Gasteiger partial charge in [-0.2, -0.15) is 0 Å². The number of nitrogens with two attached hydrogens (primary N) is 1. The lowest BCUT2D eigenvalue weighted by atomic mass is 10.1. The van der Waals surface area contributed by atoms with Crippen LogP contribution in [0.2, 0.25) is 0 Å². The number of hydrogen-bond acceptors (Lipinski definition) is 4. The van der Waals surface area contributed by atoms with Crippen molar-refractivity contribution in [3.63, 3.8) is 0 Å². The van der Waals surface area contributed by atoms with Crippen LogP contribution in [0.5, 0.6) is 0 Å². The number of benzene rings is 1. The maximum Gasteiger partial charge on any atom is 0.249 e. The van der Waals surface area contributed by atoms with E-state index in [1.54, 1.807) is 0 Å². The lowest BCUT2D eigenvalue weighted by Crippen LogP contribution is -2.49. The quantitative estimate of drug-likeness (QED) is 0.858. The standard InChI is InChI=1S/C17H19N3O3/c18-16(21)14(20-17(22)15-6-3-9-23-15)10-12-8-7-11-4-1-2-5-13(11)19-12/h1-2,4-5,7-8,14-15H,3,6,9-10H2,(H2,18,21)(H,20,22)/t14-,15-/m1/s1. The molecule has 3 N–H and O–H groups in total. The van der Waals surface area contributed by atoms with Crippen LogP contribution >= 0.6 is 0 Å². The summed E-state index contributed by atoms with van der Waals surface area (Å²) in [6.07, 6.45) is 1.30. The van der Waals surface area contributed by atoms with Gasteiger partial charge in [0.1, 0.15) is 12.1 Å². The molecule has 2 atom stereocenters. The van der Waals surface area contributed by atoms with Gasteiger partial charge in [0.2, 0.25) is 11.8 Å². The summed E-state index contributed by atoms with van der Waals surface area (Å²) in [4.78, 5) is 28.3. The molecular weight excluding hydrogens is 294 g/mol. The first-order chi connectivity index (χ1) is 11.1. The molecular formula is C17H19N3O3. The summed E-state index contributed by atoms with van der Waals surface area (Å²) in [5, 5.41) is 3.70. The Morgan fingerprint density at radius 3 is 2.87 bits per heavy atom. The Morgan fingerprint density at radius 2 is 2.13 bits per heavy atom. The van der Waals surface area contributed by atoms with E-state index >= 15 is 0 Å². The number of carbonyl (C=O) groups excluding carboxylic acids is 2. The zero-order valence-corrected chi connectivity index (χ0v) is 12.7. The number of aromatic nitrogens is 1. The maximum absolute atomic E-state index is 12.1. The molecule has 120 valence electrons. The highest BCUT2D eigenvalue weighted by atomic mass is 16.5. The fraction of sp³-hybridized carbons (Fsp3) is 0.353. The molecule has 2 amide bonds. The Kier molecular flexibility index (Phi) is 4.52. The second-order valence-corrected chi connectivity index (χ2v) is 5.66. The molecule has 1 aliphatic rings. The molecule has 6 nitrogen and oxygen atoms in total. The van der Waals surface area contributed by atoms with Crippen molar-refractivity contribution in [3.8, 4) is 0 Å². The van der Waals surface area contributed by atoms with Crippen LogP contribution in [0.25, 0.3) is 10.9 Å². The number of fused-ring (bicyclic) bond motifs is 1. The monoisotopic (exact) mass is 313 g/mol. The number of ether oxygens (including phenoxy) is 1. The van der Waals surface area contributed by atoms with Gasteiger partial charge in [-0.1, -0.05) is 24.3 Å². The minimum atomic E-state index is -0.791. The van der Waals surface area contributed by atoms with Crippen molar-refractivity contribution < 1.29 is 14.3 Å². The SMILES string of the molecule is NC(=O)[C@@H](Cc1ccc2ccccc2n1)NC(=O)[C@H]1CCCO1. The Balaban J connectivity index is 1.72. The van der Waals surface area contributed by atoms with Crippen LogP contribution in [0.3, 0.4) is 0 Å². The Hall–Kier alpha value is -2.47. The van der Waals surface area contributed by atoms with Gasteiger partial charge in [0.05, 0.1) is 5.52 Å². The topological polar surface area (TPSA) is 94.3 Å². The van der Waals surface area contributed by atoms with Crippen molar-refractivity contribution in [2.45, 2.75) is 31.4 Å². The average Bonchev–Trinajstić information content (AvgIpc) is 3.08. The molecule has 0 radical (unpaired) electrons.